The van der Waals surface area contributed by atoms with Crippen LogP contribution in [0.4, 0.5) is 0 Å². The molecule has 0 saturated carbocycles. The van der Waals surface area contributed by atoms with Gasteiger partial charge in [-0.15, -0.1) is 0 Å². The SMILES string of the molecule is Cc1ccc(C(=O)c2ccccc2C(=O)OCC(=O)N2CCCC(C)C2)cc1. The highest BCUT2D eigenvalue weighted by molar-refractivity contribution is 6.14. The van der Waals surface area contributed by atoms with Crippen molar-refractivity contribution in [1.29, 1.82) is 0 Å². The third-order valence-corrected chi connectivity index (χ3v) is 5.04. The van der Waals surface area contributed by atoms with Crippen LogP contribution in [0.15, 0.2) is 48.5 Å². The minimum absolute atomic E-state index is 0.174. The van der Waals surface area contributed by atoms with E-state index in [-0.39, 0.29) is 29.4 Å². The quantitative estimate of drug-likeness (QED) is 0.588. The lowest BCUT2D eigenvalue weighted by Gasteiger charge is -2.30. The number of ketones is 1. The maximum absolute atomic E-state index is 12.8. The van der Waals surface area contributed by atoms with E-state index in [1.165, 1.54) is 0 Å². The van der Waals surface area contributed by atoms with Gasteiger partial charge in [0.15, 0.2) is 12.4 Å². The molecule has 0 aromatic heterocycles. The van der Waals surface area contributed by atoms with Crippen molar-refractivity contribution in [3.05, 3.63) is 70.8 Å². The Hall–Kier alpha value is -2.95. The van der Waals surface area contributed by atoms with E-state index in [0.29, 0.717) is 24.6 Å². The van der Waals surface area contributed by atoms with Crippen molar-refractivity contribution in [3.8, 4) is 0 Å². The third-order valence-electron chi connectivity index (χ3n) is 5.04. The van der Waals surface area contributed by atoms with E-state index in [9.17, 15) is 14.4 Å². The standard InChI is InChI=1S/C23H25NO4/c1-16-9-11-18(12-10-16)22(26)19-7-3-4-8-20(19)23(27)28-15-21(25)24-13-5-6-17(2)14-24/h3-4,7-12,17H,5-6,13-15H2,1-2H3. The fraction of sp³-hybridized carbons (Fsp3) is 0.348. The average Bonchev–Trinajstić information content (AvgIpc) is 2.71. The Balaban J connectivity index is 1.69. The normalized spacial score (nSPS) is 16.5. The number of ether oxygens (including phenoxy) is 1. The van der Waals surface area contributed by atoms with Crippen LogP contribution in [0, 0.1) is 12.8 Å². The van der Waals surface area contributed by atoms with E-state index in [1.807, 2.05) is 19.1 Å². The smallest absolute Gasteiger partial charge is 0.339 e. The first-order valence-corrected chi connectivity index (χ1v) is 9.61. The van der Waals surface area contributed by atoms with Gasteiger partial charge in [-0.3, -0.25) is 9.59 Å². The summed E-state index contributed by atoms with van der Waals surface area (Å²) in [5.74, 6) is -0.637. The zero-order chi connectivity index (χ0) is 20.1. The summed E-state index contributed by atoms with van der Waals surface area (Å²) >= 11 is 0. The second-order valence-electron chi connectivity index (χ2n) is 7.40. The Bertz CT molecular complexity index is 872. The summed E-state index contributed by atoms with van der Waals surface area (Å²) in [5, 5.41) is 0. The van der Waals surface area contributed by atoms with Crippen LogP contribution in [0.5, 0.6) is 0 Å². The molecule has 1 heterocycles. The zero-order valence-electron chi connectivity index (χ0n) is 16.3. The van der Waals surface area contributed by atoms with Gasteiger partial charge in [0.2, 0.25) is 0 Å². The van der Waals surface area contributed by atoms with Gasteiger partial charge in [0.1, 0.15) is 0 Å². The highest BCUT2D eigenvalue weighted by Crippen LogP contribution is 2.18. The Morgan fingerprint density at radius 3 is 2.39 bits per heavy atom. The summed E-state index contributed by atoms with van der Waals surface area (Å²) in [7, 11) is 0. The molecule has 1 aliphatic heterocycles. The molecule has 2 aromatic rings. The van der Waals surface area contributed by atoms with Gasteiger partial charge in [-0.25, -0.2) is 4.79 Å². The molecule has 5 heteroatoms. The maximum Gasteiger partial charge on any atom is 0.339 e. The van der Waals surface area contributed by atoms with Gasteiger partial charge in [-0.1, -0.05) is 55.0 Å². The Morgan fingerprint density at radius 1 is 1.04 bits per heavy atom. The lowest BCUT2D eigenvalue weighted by Crippen LogP contribution is -2.41. The van der Waals surface area contributed by atoms with Crippen LogP contribution < -0.4 is 0 Å². The number of rotatable bonds is 5. The number of amides is 1. The van der Waals surface area contributed by atoms with E-state index in [0.717, 1.165) is 18.4 Å². The molecule has 3 rings (SSSR count). The van der Waals surface area contributed by atoms with Crippen LogP contribution in [0.2, 0.25) is 0 Å². The number of carbonyl (C=O) groups excluding carboxylic acids is 3. The van der Waals surface area contributed by atoms with Crippen molar-refractivity contribution in [1.82, 2.24) is 4.90 Å². The molecule has 0 bridgehead atoms. The molecule has 0 radical (unpaired) electrons. The zero-order valence-corrected chi connectivity index (χ0v) is 16.3. The van der Waals surface area contributed by atoms with Crippen LogP contribution in [0.25, 0.3) is 0 Å². The third kappa shape index (κ3) is 4.66. The largest absolute Gasteiger partial charge is 0.452 e. The molecule has 1 atom stereocenters. The van der Waals surface area contributed by atoms with E-state index >= 15 is 0 Å². The number of hydrogen-bond donors (Lipinski definition) is 0. The summed E-state index contributed by atoms with van der Waals surface area (Å²) in [4.78, 5) is 39.5. The minimum Gasteiger partial charge on any atom is -0.452 e. The van der Waals surface area contributed by atoms with Crippen LogP contribution >= 0.6 is 0 Å². The van der Waals surface area contributed by atoms with Crippen LogP contribution in [-0.2, 0) is 9.53 Å². The van der Waals surface area contributed by atoms with Crippen molar-refractivity contribution < 1.29 is 19.1 Å². The lowest BCUT2D eigenvalue weighted by atomic mass is 9.98. The minimum atomic E-state index is -0.658. The molecule has 0 aliphatic carbocycles. The summed E-state index contributed by atoms with van der Waals surface area (Å²) in [6.07, 6.45) is 2.08. The van der Waals surface area contributed by atoms with E-state index in [4.69, 9.17) is 4.74 Å². The molecule has 1 fully saturated rings. The van der Waals surface area contributed by atoms with Gasteiger partial charge in [-0.2, -0.15) is 0 Å². The second kappa shape index (κ2) is 8.83. The maximum atomic E-state index is 12.8. The number of esters is 1. The van der Waals surface area contributed by atoms with E-state index in [1.54, 1.807) is 41.3 Å². The highest BCUT2D eigenvalue weighted by atomic mass is 16.5. The Morgan fingerprint density at radius 2 is 1.71 bits per heavy atom. The number of hydrogen-bond acceptors (Lipinski definition) is 4. The molecule has 1 amide bonds. The van der Waals surface area contributed by atoms with Crippen molar-refractivity contribution >= 4 is 17.7 Å². The molecular weight excluding hydrogens is 354 g/mol. The Kier molecular flexibility index (Phi) is 6.24. The molecule has 0 spiro atoms. The molecule has 2 aromatic carbocycles. The predicted molar refractivity (Wildman–Crippen MR) is 106 cm³/mol. The number of aryl methyl sites for hydroxylation is 1. The number of benzene rings is 2. The number of piperidine rings is 1. The van der Waals surface area contributed by atoms with Gasteiger partial charge in [0, 0.05) is 24.2 Å². The number of likely N-dealkylation sites (tertiary alicyclic amines) is 1. The monoisotopic (exact) mass is 379 g/mol. The molecule has 146 valence electrons. The summed E-state index contributed by atoms with van der Waals surface area (Å²) in [6, 6.07) is 13.7. The summed E-state index contributed by atoms with van der Waals surface area (Å²) in [6.45, 7) is 5.14. The molecule has 1 aliphatic rings. The first-order valence-electron chi connectivity index (χ1n) is 9.61. The average molecular weight is 379 g/mol. The van der Waals surface area contributed by atoms with Crippen LogP contribution in [0.1, 0.15) is 51.6 Å². The number of carbonyl (C=O) groups is 3. The molecule has 0 N–H and O–H groups in total. The highest BCUT2D eigenvalue weighted by Gasteiger charge is 2.23. The van der Waals surface area contributed by atoms with Crippen molar-refractivity contribution in [2.45, 2.75) is 26.7 Å². The summed E-state index contributed by atoms with van der Waals surface area (Å²) in [5.41, 5.74) is 2.00. The van der Waals surface area contributed by atoms with E-state index < -0.39 is 5.97 Å². The topological polar surface area (TPSA) is 63.7 Å². The predicted octanol–water partition coefficient (Wildman–Crippen LogP) is 3.64. The number of nitrogens with zero attached hydrogens (tertiary/aromatic N) is 1. The Labute approximate surface area is 165 Å². The van der Waals surface area contributed by atoms with Gasteiger partial charge < -0.3 is 9.64 Å². The molecule has 1 saturated heterocycles. The van der Waals surface area contributed by atoms with Gasteiger partial charge in [0.05, 0.1) is 5.56 Å². The van der Waals surface area contributed by atoms with E-state index in [2.05, 4.69) is 6.92 Å². The van der Waals surface area contributed by atoms with Crippen molar-refractivity contribution in [2.75, 3.05) is 19.7 Å². The van der Waals surface area contributed by atoms with Gasteiger partial charge in [0.25, 0.3) is 5.91 Å². The lowest BCUT2D eigenvalue weighted by molar-refractivity contribution is -0.136. The first kappa shape index (κ1) is 19.8. The van der Waals surface area contributed by atoms with Crippen LogP contribution in [0.3, 0.4) is 0 Å². The fourth-order valence-electron chi connectivity index (χ4n) is 3.43. The van der Waals surface area contributed by atoms with Crippen molar-refractivity contribution in [3.63, 3.8) is 0 Å². The molecule has 1 unspecified atom stereocenters. The first-order chi connectivity index (χ1) is 13.5. The van der Waals surface area contributed by atoms with Crippen molar-refractivity contribution in [2.24, 2.45) is 5.92 Å². The fourth-order valence-corrected chi connectivity index (χ4v) is 3.43. The molecular formula is C23H25NO4. The second-order valence-corrected chi connectivity index (χ2v) is 7.40. The van der Waals surface area contributed by atoms with Gasteiger partial charge in [-0.05, 0) is 31.7 Å². The van der Waals surface area contributed by atoms with Crippen LogP contribution in [-0.4, -0.2) is 42.3 Å². The summed E-state index contributed by atoms with van der Waals surface area (Å²) < 4.78 is 5.24. The molecule has 5 nitrogen and oxygen atoms in total. The van der Waals surface area contributed by atoms with Gasteiger partial charge >= 0.3 is 5.97 Å². The molecule has 28 heavy (non-hydrogen) atoms.